The third kappa shape index (κ3) is 2.81. The van der Waals surface area contributed by atoms with Crippen molar-refractivity contribution in [3.05, 3.63) is 64.7 Å². The second kappa shape index (κ2) is 5.93. The number of halogens is 2. The SMILES string of the molecule is N#Cc1ccc(F)cc1COc1c(F)cccc1C=O. The standard InChI is InChI=1S/C15H9F2NO2/c16-13-5-4-10(7-18)12(6-13)9-20-15-11(8-19)2-1-3-14(15)17/h1-6,8H,9H2. The summed E-state index contributed by atoms with van der Waals surface area (Å²) in [5.74, 6) is -1.42. The summed E-state index contributed by atoms with van der Waals surface area (Å²) < 4.78 is 31.9. The van der Waals surface area contributed by atoms with E-state index in [-0.39, 0.29) is 29.0 Å². The van der Waals surface area contributed by atoms with Crippen LogP contribution in [0.25, 0.3) is 0 Å². The van der Waals surface area contributed by atoms with Crippen molar-refractivity contribution in [2.75, 3.05) is 0 Å². The van der Waals surface area contributed by atoms with Crippen molar-refractivity contribution in [1.29, 1.82) is 5.26 Å². The molecule has 20 heavy (non-hydrogen) atoms. The van der Waals surface area contributed by atoms with Crippen molar-refractivity contribution < 1.29 is 18.3 Å². The Hall–Kier alpha value is -2.74. The normalized spacial score (nSPS) is 9.85. The van der Waals surface area contributed by atoms with E-state index in [4.69, 9.17) is 10.00 Å². The number of carbonyl (C=O) groups excluding carboxylic acids is 1. The Morgan fingerprint density at radius 2 is 2.05 bits per heavy atom. The van der Waals surface area contributed by atoms with Crippen LogP contribution in [0.5, 0.6) is 5.75 Å². The minimum atomic E-state index is -0.690. The summed E-state index contributed by atoms with van der Waals surface area (Å²) in [6, 6.07) is 9.44. The molecule has 5 heteroatoms. The zero-order valence-corrected chi connectivity index (χ0v) is 10.3. The summed E-state index contributed by atoms with van der Waals surface area (Å²) in [6.07, 6.45) is 0.467. The van der Waals surface area contributed by atoms with Gasteiger partial charge in [-0.2, -0.15) is 5.26 Å². The van der Waals surface area contributed by atoms with Gasteiger partial charge in [0.2, 0.25) is 0 Å². The molecule has 2 rings (SSSR count). The smallest absolute Gasteiger partial charge is 0.165 e. The molecule has 0 atom stereocenters. The minimum absolute atomic E-state index is 0.0555. The highest BCUT2D eigenvalue weighted by molar-refractivity contribution is 5.79. The zero-order chi connectivity index (χ0) is 14.5. The van der Waals surface area contributed by atoms with Gasteiger partial charge < -0.3 is 4.74 Å². The average molecular weight is 273 g/mol. The Bertz CT molecular complexity index is 693. The molecule has 2 aromatic carbocycles. The van der Waals surface area contributed by atoms with E-state index in [1.807, 2.05) is 6.07 Å². The molecule has 0 amide bonds. The topological polar surface area (TPSA) is 50.1 Å². The summed E-state index contributed by atoms with van der Waals surface area (Å²) in [5, 5.41) is 8.90. The Morgan fingerprint density at radius 3 is 2.75 bits per heavy atom. The van der Waals surface area contributed by atoms with Gasteiger partial charge in [-0.25, -0.2) is 8.78 Å². The van der Waals surface area contributed by atoms with Crippen LogP contribution in [0, 0.1) is 23.0 Å². The van der Waals surface area contributed by atoms with E-state index >= 15 is 0 Å². The number of benzene rings is 2. The number of para-hydroxylation sites is 1. The van der Waals surface area contributed by atoms with Gasteiger partial charge in [0.05, 0.1) is 17.2 Å². The lowest BCUT2D eigenvalue weighted by Gasteiger charge is -2.10. The summed E-state index contributed by atoms with van der Waals surface area (Å²) in [7, 11) is 0. The quantitative estimate of drug-likeness (QED) is 0.803. The van der Waals surface area contributed by atoms with E-state index in [2.05, 4.69) is 0 Å². The molecule has 100 valence electrons. The number of nitrogens with zero attached hydrogens (tertiary/aromatic N) is 1. The molecular formula is C15H9F2NO2. The molecule has 0 aliphatic rings. The van der Waals surface area contributed by atoms with Crippen molar-refractivity contribution in [2.45, 2.75) is 6.61 Å². The first-order valence-corrected chi connectivity index (χ1v) is 5.70. The van der Waals surface area contributed by atoms with Gasteiger partial charge in [0, 0.05) is 5.56 Å². The van der Waals surface area contributed by atoms with Crippen LogP contribution in [-0.4, -0.2) is 6.29 Å². The van der Waals surface area contributed by atoms with Gasteiger partial charge in [-0.1, -0.05) is 6.07 Å². The predicted octanol–water partition coefficient (Wildman–Crippen LogP) is 3.23. The zero-order valence-electron chi connectivity index (χ0n) is 10.3. The molecular weight excluding hydrogens is 264 g/mol. The fraction of sp³-hybridized carbons (Fsp3) is 0.0667. The Kier molecular flexibility index (Phi) is 4.06. The van der Waals surface area contributed by atoms with Crippen molar-refractivity contribution in [1.82, 2.24) is 0 Å². The van der Waals surface area contributed by atoms with Crippen LogP contribution in [-0.2, 0) is 6.61 Å². The monoisotopic (exact) mass is 273 g/mol. The number of rotatable bonds is 4. The fourth-order valence-electron chi connectivity index (χ4n) is 1.71. The minimum Gasteiger partial charge on any atom is -0.485 e. The van der Waals surface area contributed by atoms with Crippen molar-refractivity contribution >= 4 is 6.29 Å². The summed E-state index contributed by atoms with van der Waals surface area (Å²) in [6.45, 7) is -0.206. The van der Waals surface area contributed by atoms with Crippen LogP contribution in [0.15, 0.2) is 36.4 Å². The van der Waals surface area contributed by atoms with E-state index in [0.717, 1.165) is 18.2 Å². The van der Waals surface area contributed by atoms with E-state index in [1.54, 1.807) is 0 Å². The van der Waals surface area contributed by atoms with Crippen LogP contribution in [0.2, 0.25) is 0 Å². The maximum Gasteiger partial charge on any atom is 0.165 e. The highest BCUT2D eigenvalue weighted by Crippen LogP contribution is 2.23. The average Bonchev–Trinajstić information content (AvgIpc) is 2.46. The fourth-order valence-corrected chi connectivity index (χ4v) is 1.71. The van der Waals surface area contributed by atoms with Gasteiger partial charge in [0.15, 0.2) is 17.9 Å². The summed E-state index contributed by atoms with van der Waals surface area (Å²) in [5.41, 5.74) is 0.572. The molecule has 0 aromatic heterocycles. The first-order valence-electron chi connectivity index (χ1n) is 5.70. The van der Waals surface area contributed by atoms with E-state index in [1.165, 1.54) is 18.2 Å². The van der Waals surface area contributed by atoms with Crippen molar-refractivity contribution in [3.63, 3.8) is 0 Å². The number of carbonyl (C=O) groups is 1. The van der Waals surface area contributed by atoms with E-state index in [9.17, 15) is 13.6 Å². The molecule has 2 aromatic rings. The lowest BCUT2D eigenvalue weighted by atomic mass is 10.1. The van der Waals surface area contributed by atoms with Crippen LogP contribution in [0.4, 0.5) is 8.78 Å². The number of nitriles is 1. The number of ether oxygens (including phenoxy) is 1. The van der Waals surface area contributed by atoms with E-state index in [0.29, 0.717) is 6.29 Å². The third-order valence-corrected chi connectivity index (χ3v) is 2.68. The largest absolute Gasteiger partial charge is 0.485 e. The van der Waals surface area contributed by atoms with Gasteiger partial charge in [0.25, 0.3) is 0 Å². The summed E-state index contributed by atoms with van der Waals surface area (Å²) in [4.78, 5) is 10.8. The Morgan fingerprint density at radius 1 is 1.25 bits per heavy atom. The Labute approximate surface area is 114 Å². The molecule has 3 nitrogen and oxygen atoms in total. The lowest BCUT2D eigenvalue weighted by Crippen LogP contribution is -2.03. The first kappa shape index (κ1) is 13.7. The van der Waals surface area contributed by atoms with Crippen molar-refractivity contribution in [2.24, 2.45) is 0 Å². The van der Waals surface area contributed by atoms with Crippen LogP contribution in [0.3, 0.4) is 0 Å². The highest BCUT2D eigenvalue weighted by atomic mass is 19.1. The molecule has 0 fully saturated rings. The molecule has 0 aliphatic heterocycles. The molecule has 0 saturated carbocycles. The first-order chi connectivity index (χ1) is 9.65. The van der Waals surface area contributed by atoms with Crippen molar-refractivity contribution in [3.8, 4) is 11.8 Å². The predicted molar refractivity (Wildman–Crippen MR) is 67.2 cm³/mol. The van der Waals surface area contributed by atoms with Gasteiger partial charge in [-0.05, 0) is 30.3 Å². The van der Waals surface area contributed by atoms with Gasteiger partial charge in [-0.3, -0.25) is 4.79 Å². The van der Waals surface area contributed by atoms with E-state index < -0.39 is 11.6 Å². The third-order valence-electron chi connectivity index (χ3n) is 2.68. The molecule has 0 N–H and O–H groups in total. The van der Waals surface area contributed by atoms with Gasteiger partial charge in [0.1, 0.15) is 12.4 Å². The van der Waals surface area contributed by atoms with Crippen LogP contribution in [0.1, 0.15) is 21.5 Å². The molecule has 0 bridgehead atoms. The molecule has 0 spiro atoms. The second-order valence-electron chi connectivity index (χ2n) is 3.98. The molecule has 0 radical (unpaired) electrons. The maximum absolute atomic E-state index is 13.6. The molecule has 0 aliphatic carbocycles. The molecule has 0 heterocycles. The molecule has 0 unspecified atom stereocenters. The number of aldehydes is 1. The Balaban J connectivity index is 2.28. The van der Waals surface area contributed by atoms with Gasteiger partial charge >= 0.3 is 0 Å². The highest BCUT2D eigenvalue weighted by Gasteiger charge is 2.11. The second-order valence-corrected chi connectivity index (χ2v) is 3.98. The maximum atomic E-state index is 13.6. The van der Waals surface area contributed by atoms with Crippen LogP contribution < -0.4 is 4.74 Å². The lowest BCUT2D eigenvalue weighted by molar-refractivity contribution is 0.111. The molecule has 0 saturated heterocycles. The number of hydrogen-bond donors (Lipinski definition) is 0. The number of hydrogen-bond acceptors (Lipinski definition) is 3. The summed E-state index contributed by atoms with van der Waals surface area (Å²) >= 11 is 0. The van der Waals surface area contributed by atoms with Gasteiger partial charge in [-0.15, -0.1) is 0 Å². The van der Waals surface area contributed by atoms with Crippen LogP contribution >= 0.6 is 0 Å².